The third kappa shape index (κ3) is 5.49. The number of hydrogen-bond donors (Lipinski definition) is 2. The van der Waals surface area contributed by atoms with Gasteiger partial charge in [0.15, 0.2) is 0 Å². The summed E-state index contributed by atoms with van der Waals surface area (Å²) in [5.41, 5.74) is 0. The van der Waals surface area contributed by atoms with Gasteiger partial charge >= 0.3 is 0 Å². The van der Waals surface area contributed by atoms with Crippen LogP contribution in [-0.4, -0.2) is 30.3 Å². The third-order valence-corrected chi connectivity index (χ3v) is 5.39. The molecule has 0 unspecified atom stereocenters. The fraction of sp³-hybridized carbons (Fsp3) is 0.588. The van der Waals surface area contributed by atoms with Gasteiger partial charge in [-0.25, -0.2) is 0 Å². The van der Waals surface area contributed by atoms with E-state index in [1.165, 1.54) is 4.90 Å². The molecule has 0 saturated heterocycles. The number of carbonyl (C=O) groups excluding carboxylic acids is 1. The van der Waals surface area contributed by atoms with Gasteiger partial charge in [0.05, 0.1) is 4.75 Å². The highest BCUT2D eigenvalue weighted by molar-refractivity contribution is 8.01. The van der Waals surface area contributed by atoms with Gasteiger partial charge in [-0.3, -0.25) is 4.79 Å². The molecule has 1 fully saturated rings. The molecule has 5 heteroatoms. The summed E-state index contributed by atoms with van der Waals surface area (Å²) in [6.45, 7) is 4.73. The van der Waals surface area contributed by atoms with E-state index in [9.17, 15) is 4.79 Å². The standard InChI is InChI=1S/C17H26N2OS.ClH/c1-2-12-18-13-14-19-16(20)17(10-6-7-11-17)21-15-8-4-3-5-9-15;/h3-5,8-9,18H,2,6-7,10-14H2,1H3,(H,19,20);1H. The first-order valence-corrected chi connectivity index (χ1v) is 8.81. The first kappa shape index (κ1) is 19.3. The van der Waals surface area contributed by atoms with E-state index in [2.05, 4.69) is 29.7 Å². The number of rotatable bonds is 8. The largest absolute Gasteiger partial charge is 0.354 e. The summed E-state index contributed by atoms with van der Waals surface area (Å²) in [6.07, 6.45) is 5.41. The molecule has 0 aliphatic heterocycles. The van der Waals surface area contributed by atoms with E-state index in [0.29, 0.717) is 0 Å². The van der Waals surface area contributed by atoms with Crippen molar-refractivity contribution in [3.05, 3.63) is 30.3 Å². The number of benzene rings is 1. The highest BCUT2D eigenvalue weighted by atomic mass is 35.5. The topological polar surface area (TPSA) is 41.1 Å². The zero-order valence-electron chi connectivity index (χ0n) is 13.3. The number of halogens is 1. The molecule has 1 aliphatic rings. The molecule has 22 heavy (non-hydrogen) atoms. The van der Waals surface area contributed by atoms with Crippen LogP contribution in [0.3, 0.4) is 0 Å². The van der Waals surface area contributed by atoms with Crippen LogP contribution in [0.25, 0.3) is 0 Å². The van der Waals surface area contributed by atoms with Crippen molar-refractivity contribution in [2.24, 2.45) is 0 Å². The normalized spacial score (nSPS) is 16.0. The molecule has 1 saturated carbocycles. The Balaban J connectivity index is 0.00000242. The molecule has 0 spiro atoms. The van der Waals surface area contributed by atoms with Gasteiger partial charge in [-0.15, -0.1) is 24.2 Å². The minimum Gasteiger partial charge on any atom is -0.354 e. The molecular formula is C17H27ClN2OS. The van der Waals surface area contributed by atoms with Crippen LogP contribution in [0.2, 0.25) is 0 Å². The SMILES string of the molecule is CCCNCCNC(=O)C1(Sc2ccccc2)CCCC1.Cl. The second kappa shape index (κ2) is 10.1. The molecule has 124 valence electrons. The molecule has 0 atom stereocenters. The Morgan fingerprint density at radius 1 is 1.14 bits per heavy atom. The van der Waals surface area contributed by atoms with Crippen molar-refractivity contribution < 1.29 is 4.79 Å². The minimum absolute atomic E-state index is 0. The number of amides is 1. The van der Waals surface area contributed by atoms with E-state index >= 15 is 0 Å². The maximum Gasteiger partial charge on any atom is 0.236 e. The average molecular weight is 343 g/mol. The van der Waals surface area contributed by atoms with E-state index in [1.807, 2.05) is 18.2 Å². The Hall–Kier alpha value is -0.710. The maximum absolute atomic E-state index is 12.6. The first-order chi connectivity index (χ1) is 10.3. The predicted molar refractivity (Wildman–Crippen MR) is 96.9 cm³/mol. The predicted octanol–water partition coefficient (Wildman–Crippen LogP) is 3.63. The van der Waals surface area contributed by atoms with Gasteiger partial charge in [-0.05, 0) is 37.9 Å². The van der Waals surface area contributed by atoms with Crippen LogP contribution in [0, 0.1) is 0 Å². The summed E-state index contributed by atoms with van der Waals surface area (Å²) < 4.78 is -0.258. The lowest BCUT2D eigenvalue weighted by Crippen LogP contribution is -2.44. The number of nitrogens with one attached hydrogen (secondary N) is 2. The second-order valence-electron chi connectivity index (χ2n) is 5.62. The first-order valence-electron chi connectivity index (χ1n) is 8.00. The van der Waals surface area contributed by atoms with Crippen molar-refractivity contribution >= 4 is 30.1 Å². The molecule has 2 N–H and O–H groups in total. The maximum atomic E-state index is 12.6. The number of hydrogen-bond acceptors (Lipinski definition) is 3. The van der Waals surface area contributed by atoms with Gasteiger partial charge < -0.3 is 10.6 Å². The molecule has 0 aromatic heterocycles. The van der Waals surface area contributed by atoms with E-state index in [1.54, 1.807) is 11.8 Å². The molecule has 1 aromatic carbocycles. The van der Waals surface area contributed by atoms with Gasteiger partial charge in [0, 0.05) is 18.0 Å². The van der Waals surface area contributed by atoms with Crippen LogP contribution in [0.1, 0.15) is 39.0 Å². The van der Waals surface area contributed by atoms with E-state index in [-0.39, 0.29) is 23.1 Å². The average Bonchev–Trinajstić information content (AvgIpc) is 2.98. The van der Waals surface area contributed by atoms with Crippen LogP contribution in [0.15, 0.2) is 35.2 Å². The molecule has 0 radical (unpaired) electrons. The highest BCUT2D eigenvalue weighted by Crippen LogP contribution is 2.45. The summed E-state index contributed by atoms with van der Waals surface area (Å²) in [5.74, 6) is 0.215. The van der Waals surface area contributed by atoms with E-state index in [4.69, 9.17) is 0 Å². The molecule has 0 bridgehead atoms. The fourth-order valence-corrected chi connectivity index (χ4v) is 4.17. The Labute approximate surface area is 144 Å². The Morgan fingerprint density at radius 3 is 2.45 bits per heavy atom. The van der Waals surface area contributed by atoms with Crippen LogP contribution in [-0.2, 0) is 4.79 Å². The number of thioether (sulfide) groups is 1. The monoisotopic (exact) mass is 342 g/mol. The lowest BCUT2D eigenvalue weighted by molar-refractivity contribution is -0.123. The van der Waals surface area contributed by atoms with Crippen molar-refractivity contribution in [2.45, 2.75) is 48.7 Å². The van der Waals surface area contributed by atoms with Gasteiger partial charge in [-0.1, -0.05) is 38.0 Å². The van der Waals surface area contributed by atoms with Gasteiger partial charge in [0.2, 0.25) is 5.91 Å². The van der Waals surface area contributed by atoms with Crippen LogP contribution in [0.5, 0.6) is 0 Å². The summed E-state index contributed by atoms with van der Waals surface area (Å²) in [4.78, 5) is 13.8. The van der Waals surface area contributed by atoms with Gasteiger partial charge in [0.1, 0.15) is 0 Å². The Bertz CT molecular complexity index is 436. The summed E-state index contributed by atoms with van der Waals surface area (Å²) in [7, 11) is 0. The molecule has 2 rings (SSSR count). The van der Waals surface area contributed by atoms with Crippen molar-refractivity contribution in [1.29, 1.82) is 0 Å². The van der Waals surface area contributed by atoms with E-state index < -0.39 is 0 Å². The zero-order chi connectivity index (χ0) is 15.0. The lowest BCUT2D eigenvalue weighted by atomic mass is 10.1. The Morgan fingerprint density at radius 2 is 1.82 bits per heavy atom. The van der Waals surface area contributed by atoms with Crippen molar-refractivity contribution in [2.75, 3.05) is 19.6 Å². The molecule has 3 nitrogen and oxygen atoms in total. The van der Waals surface area contributed by atoms with Crippen molar-refractivity contribution in [3.8, 4) is 0 Å². The summed E-state index contributed by atoms with van der Waals surface area (Å²) in [5, 5.41) is 6.44. The molecule has 1 amide bonds. The van der Waals surface area contributed by atoms with Crippen LogP contribution >= 0.6 is 24.2 Å². The highest BCUT2D eigenvalue weighted by Gasteiger charge is 2.41. The van der Waals surface area contributed by atoms with Gasteiger partial charge in [-0.2, -0.15) is 0 Å². The summed E-state index contributed by atoms with van der Waals surface area (Å²) >= 11 is 1.74. The lowest BCUT2D eigenvalue weighted by Gasteiger charge is -2.27. The second-order valence-corrected chi connectivity index (χ2v) is 7.08. The van der Waals surface area contributed by atoms with Crippen molar-refractivity contribution in [3.63, 3.8) is 0 Å². The van der Waals surface area contributed by atoms with Crippen LogP contribution in [0.4, 0.5) is 0 Å². The Kier molecular flexibility index (Phi) is 8.91. The summed E-state index contributed by atoms with van der Waals surface area (Å²) in [6, 6.07) is 10.3. The van der Waals surface area contributed by atoms with Crippen LogP contribution < -0.4 is 10.6 Å². The molecule has 1 aliphatic carbocycles. The molecule has 1 aromatic rings. The smallest absolute Gasteiger partial charge is 0.236 e. The molecular weight excluding hydrogens is 316 g/mol. The van der Waals surface area contributed by atoms with Crippen molar-refractivity contribution in [1.82, 2.24) is 10.6 Å². The zero-order valence-corrected chi connectivity index (χ0v) is 14.9. The number of carbonyl (C=O) groups is 1. The fourth-order valence-electron chi connectivity index (χ4n) is 2.76. The van der Waals surface area contributed by atoms with Gasteiger partial charge in [0.25, 0.3) is 0 Å². The quantitative estimate of drug-likeness (QED) is 0.709. The minimum atomic E-state index is -0.258. The molecule has 0 heterocycles. The third-order valence-electron chi connectivity index (χ3n) is 3.90. The van der Waals surface area contributed by atoms with E-state index in [0.717, 1.165) is 51.7 Å².